The predicted octanol–water partition coefficient (Wildman–Crippen LogP) is 1.13. The Balaban J connectivity index is 2.51. The van der Waals surface area contributed by atoms with Gasteiger partial charge in [0.15, 0.2) is 0 Å². The summed E-state index contributed by atoms with van der Waals surface area (Å²) in [6.07, 6.45) is 1.64. The molecule has 0 aliphatic heterocycles. The summed E-state index contributed by atoms with van der Waals surface area (Å²) in [4.78, 5) is 22.4. The first-order valence-electron chi connectivity index (χ1n) is 5.29. The van der Waals surface area contributed by atoms with Crippen molar-refractivity contribution in [2.45, 2.75) is 6.92 Å². The molecule has 2 aromatic rings. The van der Waals surface area contributed by atoms with Gasteiger partial charge in [0, 0.05) is 29.9 Å². The predicted molar refractivity (Wildman–Crippen MR) is 66.8 cm³/mol. The molecule has 4 N–H and O–H groups in total. The molecule has 2 amide bonds. The number of H-pyrrole nitrogens is 1. The minimum atomic E-state index is -0.539. The van der Waals surface area contributed by atoms with Crippen molar-refractivity contribution in [3.8, 4) is 11.3 Å². The first kappa shape index (κ1) is 11.8. The van der Waals surface area contributed by atoms with Crippen LogP contribution in [0.3, 0.4) is 0 Å². The van der Waals surface area contributed by atoms with Gasteiger partial charge in [-0.1, -0.05) is 0 Å². The Hall–Kier alpha value is -2.63. The van der Waals surface area contributed by atoms with Crippen LogP contribution in [0.15, 0.2) is 30.5 Å². The molecule has 1 heterocycles. The second-order valence-corrected chi connectivity index (χ2v) is 3.77. The number of carbonyl (C=O) groups excluding carboxylic acids is 2. The van der Waals surface area contributed by atoms with Gasteiger partial charge in [0.05, 0.1) is 5.69 Å². The van der Waals surface area contributed by atoms with Crippen molar-refractivity contribution in [2.75, 3.05) is 5.32 Å². The molecule has 0 unspecified atom stereocenters. The Kier molecular flexibility index (Phi) is 3.09. The van der Waals surface area contributed by atoms with Crippen LogP contribution >= 0.6 is 0 Å². The van der Waals surface area contributed by atoms with E-state index in [9.17, 15) is 9.59 Å². The second-order valence-electron chi connectivity index (χ2n) is 3.77. The first-order chi connectivity index (χ1) is 8.58. The average molecular weight is 244 g/mol. The molecule has 0 aliphatic carbocycles. The number of rotatable bonds is 3. The lowest BCUT2D eigenvalue weighted by molar-refractivity contribution is -0.114. The standard InChI is InChI=1S/C12H12N4O2/c1-7(17)15-8-2-3-9(12(13)18)10(6-8)11-4-5-14-16-11/h2-6H,1H3,(H2,13,18)(H,14,16)(H,15,17). The second kappa shape index (κ2) is 4.70. The van der Waals surface area contributed by atoms with Crippen molar-refractivity contribution in [2.24, 2.45) is 5.73 Å². The van der Waals surface area contributed by atoms with Crippen molar-refractivity contribution in [3.05, 3.63) is 36.0 Å². The number of aromatic nitrogens is 2. The monoisotopic (exact) mass is 244 g/mol. The lowest BCUT2D eigenvalue weighted by Gasteiger charge is -2.08. The number of hydrogen-bond donors (Lipinski definition) is 3. The van der Waals surface area contributed by atoms with E-state index in [4.69, 9.17) is 5.73 Å². The van der Waals surface area contributed by atoms with Crippen LogP contribution in [0.1, 0.15) is 17.3 Å². The highest BCUT2D eigenvalue weighted by Crippen LogP contribution is 2.25. The summed E-state index contributed by atoms with van der Waals surface area (Å²) in [5, 5.41) is 9.31. The lowest BCUT2D eigenvalue weighted by atomic mass is 10.0. The number of hydrogen-bond acceptors (Lipinski definition) is 3. The van der Waals surface area contributed by atoms with Gasteiger partial charge in [-0.05, 0) is 24.3 Å². The van der Waals surface area contributed by atoms with Crippen molar-refractivity contribution in [1.29, 1.82) is 0 Å². The Labute approximate surface area is 103 Å². The quantitative estimate of drug-likeness (QED) is 0.754. The smallest absolute Gasteiger partial charge is 0.249 e. The van der Waals surface area contributed by atoms with Crippen molar-refractivity contribution in [1.82, 2.24) is 10.2 Å². The summed E-state index contributed by atoms with van der Waals surface area (Å²) in [6.45, 7) is 1.41. The van der Waals surface area contributed by atoms with E-state index in [1.54, 1.807) is 30.5 Å². The van der Waals surface area contributed by atoms with E-state index in [1.807, 2.05) is 0 Å². The molecule has 0 spiro atoms. The molecule has 0 radical (unpaired) electrons. The van der Waals surface area contributed by atoms with Crippen molar-refractivity contribution >= 4 is 17.5 Å². The number of carbonyl (C=O) groups is 2. The first-order valence-corrected chi connectivity index (χ1v) is 5.29. The van der Waals surface area contributed by atoms with Crippen molar-refractivity contribution < 1.29 is 9.59 Å². The van der Waals surface area contributed by atoms with Crippen LogP contribution < -0.4 is 11.1 Å². The molecule has 6 heteroatoms. The fourth-order valence-corrected chi connectivity index (χ4v) is 1.66. The van der Waals surface area contributed by atoms with E-state index in [1.165, 1.54) is 6.92 Å². The lowest BCUT2D eigenvalue weighted by Crippen LogP contribution is -2.13. The van der Waals surface area contributed by atoms with E-state index in [0.29, 0.717) is 22.5 Å². The fourth-order valence-electron chi connectivity index (χ4n) is 1.66. The van der Waals surface area contributed by atoms with Crippen LogP contribution in [0.2, 0.25) is 0 Å². The fraction of sp³-hybridized carbons (Fsp3) is 0.0833. The molecule has 0 saturated heterocycles. The summed E-state index contributed by atoms with van der Waals surface area (Å²) in [6, 6.07) is 6.58. The molecular weight excluding hydrogens is 232 g/mol. The van der Waals surface area contributed by atoms with E-state index in [-0.39, 0.29) is 5.91 Å². The zero-order valence-electron chi connectivity index (χ0n) is 9.73. The number of aromatic amines is 1. The van der Waals surface area contributed by atoms with Gasteiger partial charge < -0.3 is 11.1 Å². The van der Waals surface area contributed by atoms with Crippen LogP contribution in [-0.2, 0) is 4.79 Å². The van der Waals surface area contributed by atoms with Crippen molar-refractivity contribution in [3.63, 3.8) is 0 Å². The van der Waals surface area contributed by atoms with Crippen LogP contribution in [0.4, 0.5) is 5.69 Å². The highest BCUT2D eigenvalue weighted by Gasteiger charge is 2.12. The molecule has 1 aromatic heterocycles. The van der Waals surface area contributed by atoms with Gasteiger partial charge in [0.1, 0.15) is 0 Å². The third-order valence-corrected chi connectivity index (χ3v) is 2.38. The zero-order chi connectivity index (χ0) is 13.1. The normalized spacial score (nSPS) is 10.1. The van der Waals surface area contributed by atoms with E-state index < -0.39 is 5.91 Å². The highest BCUT2D eigenvalue weighted by atomic mass is 16.1. The Bertz CT molecular complexity index is 590. The SMILES string of the molecule is CC(=O)Nc1ccc(C(N)=O)c(-c2cc[nH]n2)c1. The number of nitrogens with one attached hydrogen (secondary N) is 2. The average Bonchev–Trinajstić information content (AvgIpc) is 2.80. The van der Waals surface area contributed by atoms with E-state index in [2.05, 4.69) is 15.5 Å². The molecule has 92 valence electrons. The summed E-state index contributed by atoms with van der Waals surface area (Å²) < 4.78 is 0. The third kappa shape index (κ3) is 2.37. The van der Waals surface area contributed by atoms with E-state index in [0.717, 1.165) is 0 Å². The number of amides is 2. The molecule has 0 atom stereocenters. The maximum absolute atomic E-state index is 11.3. The summed E-state index contributed by atoms with van der Waals surface area (Å²) in [5.74, 6) is -0.725. The topological polar surface area (TPSA) is 101 Å². The van der Waals surface area contributed by atoms with Gasteiger partial charge in [-0.2, -0.15) is 5.10 Å². The molecular formula is C12H12N4O2. The molecule has 6 nitrogen and oxygen atoms in total. The van der Waals surface area contributed by atoms with Gasteiger partial charge in [-0.3, -0.25) is 14.7 Å². The molecule has 2 rings (SSSR count). The molecule has 1 aromatic carbocycles. The number of benzene rings is 1. The number of nitrogens with two attached hydrogens (primary N) is 1. The minimum Gasteiger partial charge on any atom is -0.366 e. The maximum Gasteiger partial charge on any atom is 0.249 e. The molecule has 0 saturated carbocycles. The van der Waals surface area contributed by atoms with Gasteiger partial charge in [-0.15, -0.1) is 0 Å². The third-order valence-electron chi connectivity index (χ3n) is 2.38. The molecule has 0 fully saturated rings. The summed E-state index contributed by atoms with van der Waals surface area (Å²) in [5.41, 5.74) is 7.43. The Morgan fingerprint density at radius 1 is 1.33 bits per heavy atom. The molecule has 18 heavy (non-hydrogen) atoms. The number of primary amides is 1. The largest absolute Gasteiger partial charge is 0.366 e. The Morgan fingerprint density at radius 2 is 2.11 bits per heavy atom. The molecule has 0 bridgehead atoms. The summed E-state index contributed by atoms with van der Waals surface area (Å²) in [7, 11) is 0. The minimum absolute atomic E-state index is 0.185. The molecule has 0 aliphatic rings. The van der Waals surface area contributed by atoms with Gasteiger partial charge >= 0.3 is 0 Å². The number of nitrogens with zero attached hydrogens (tertiary/aromatic N) is 1. The van der Waals surface area contributed by atoms with Gasteiger partial charge in [-0.25, -0.2) is 0 Å². The Morgan fingerprint density at radius 3 is 2.67 bits per heavy atom. The summed E-state index contributed by atoms with van der Waals surface area (Å²) >= 11 is 0. The van der Waals surface area contributed by atoms with Crippen LogP contribution in [-0.4, -0.2) is 22.0 Å². The van der Waals surface area contributed by atoms with Crippen LogP contribution in [0.5, 0.6) is 0 Å². The zero-order valence-corrected chi connectivity index (χ0v) is 9.73. The van der Waals surface area contributed by atoms with Crippen LogP contribution in [0.25, 0.3) is 11.3 Å². The van der Waals surface area contributed by atoms with Gasteiger partial charge in [0.25, 0.3) is 0 Å². The van der Waals surface area contributed by atoms with Crippen LogP contribution in [0, 0.1) is 0 Å². The van der Waals surface area contributed by atoms with E-state index >= 15 is 0 Å². The highest BCUT2D eigenvalue weighted by molar-refractivity contribution is 6.01. The maximum atomic E-state index is 11.3. The van der Waals surface area contributed by atoms with Gasteiger partial charge in [0.2, 0.25) is 11.8 Å². The number of anilines is 1.